The first-order chi connectivity index (χ1) is 18.2. The molecule has 198 valence electrons. The number of anilines is 1. The Morgan fingerprint density at radius 1 is 0.921 bits per heavy atom. The maximum Gasteiger partial charge on any atom is 0.227 e. The second kappa shape index (κ2) is 13.2. The van der Waals surface area contributed by atoms with E-state index < -0.39 is 0 Å². The van der Waals surface area contributed by atoms with Crippen molar-refractivity contribution < 1.29 is 23.5 Å². The van der Waals surface area contributed by atoms with E-state index in [2.05, 4.69) is 10.3 Å². The lowest BCUT2D eigenvalue weighted by Gasteiger charge is -2.07. The average Bonchev–Trinajstić information content (AvgIpc) is 3.35. The molecule has 0 unspecified atom stereocenters. The Labute approximate surface area is 223 Å². The molecule has 1 amide bonds. The fourth-order valence-electron chi connectivity index (χ4n) is 3.72. The topological polar surface area (TPSA) is 90.7 Å². The maximum absolute atomic E-state index is 12.0. The molecule has 38 heavy (non-hydrogen) atoms. The van der Waals surface area contributed by atoms with Gasteiger partial charge in [-0.1, -0.05) is 32.0 Å². The number of hydrogen-bond donors (Lipinski definition) is 1. The molecule has 0 aliphatic heterocycles. The summed E-state index contributed by atoms with van der Waals surface area (Å²) in [6.07, 6.45) is 0.471. The minimum Gasteiger partial charge on any atom is -0.497 e. The summed E-state index contributed by atoms with van der Waals surface area (Å²) in [6.45, 7) is 7.46. The van der Waals surface area contributed by atoms with Crippen molar-refractivity contribution in [2.45, 2.75) is 34.1 Å². The molecular weight excluding hydrogens is 480 g/mol. The largest absolute Gasteiger partial charge is 0.497 e. The maximum atomic E-state index is 12.0. The number of oxazole rings is 1. The molecule has 1 N–H and O–H groups in total. The van der Waals surface area contributed by atoms with Crippen molar-refractivity contribution in [3.8, 4) is 34.3 Å². The first kappa shape index (κ1) is 28.2. The van der Waals surface area contributed by atoms with Crippen molar-refractivity contribution in [2.24, 2.45) is 5.92 Å². The highest BCUT2D eigenvalue weighted by Crippen LogP contribution is 2.31. The molecule has 0 saturated heterocycles. The fourth-order valence-corrected chi connectivity index (χ4v) is 3.72. The fraction of sp³-hybridized carbons (Fsp3) is 0.258. The molecule has 4 aromatic rings. The molecule has 0 atom stereocenters. The Bertz CT molecular complexity index is 1360. The number of carbonyl (C=O) groups excluding carboxylic acids is 2. The number of methoxy groups -OCH3 is 2. The number of benzene rings is 3. The minimum absolute atomic E-state index is 0.0202. The monoisotopic (exact) mass is 514 g/mol. The Hall–Kier alpha value is -4.39. The van der Waals surface area contributed by atoms with Gasteiger partial charge >= 0.3 is 0 Å². The first-order valence-corrected chi connectivity index (χ1v) is 12.4. The number of hydrogen-bond acceptors (Lipinski definition) is 6. The van der Waals surface area contributed by atoms with Crippen molar-refractivity contribution in [2.75, 3.05) is 19.5 Å². The number of nitrogens with zero attached hydrogens (tertiary/aromatic N) is 1. The Morgan fingerprint density at radius 3 is 2.16 bits per heavy atom. The van der Waals surface area contributed by atoms with E-state index in [1.807, 2.05) is 81.4 Å². The molecule has 7 heteroatoms. The lowest BCUT2D eigenvalue weighted by molar-refractivity contribution is -0.116. The van der Waals surface area contributed by atoms with Crippen LogP contribution in [0.2, 0.25) is 0 Å². The van der Waals surface area contributed by atoms with E-state index in [0.29, 0.717) is 35.4 Å². The van der Waals surface area contributed by atoms with Crippen LogP contribution in [-0.4, -0.2) is 30.9 Å². The molecule has 3 aromatic carbocycles. The van der Waals surface area contributed by atoms with Crippen LogP contribution < -0.4 is 14.8 Å². The summed E-state index contributed by atoms with van der Waals surface area (Å²) in [5, 5.41) is 2.87. The number of ether oxygens (including phenoxy) is 2. The zero-order valence-electron chi connectivity index (χ0n) is 22.7. The van der Waals surface area contributed by atoms with Gasteiger partial charge in [0.25, 0.3) is 0 Å². The molecule has 0 saturated carbocycles. The highest BCUT2D eigenvalue weighted by molar-refractivity contribution is 5.98. The van der Waals surface area contributed by atoms with E-state index in [1.54, 1.807) is 26.4 Å². The molecule has 0 radical (unpaired) electrons. The number of nitrogens with one attached hydrogen (secondary N) is 1. The third-order valence-electron chi connectivity index (χ3n) is 5.61. The summed E-state index contributed by atoms with van der Waals surface area (Å²) >= 11 is 0. The zero-order valence-corrected chi connectivity index (χ0v) is 22.7. The van der Waals surface area contributed by atoms with E-state index in [1.165, 1.54) is 6.92 Å². The quantitative estimate of drug-likeness (QED) is 0.250. The Morgan fingerprint density at radius 2 is 1.61 bits per heavy atom. The second-order valence-electron chi connectivity index (χ2n) is 9.18. The molecule has 0 aliphatic rings. The summed E-state index contributed by atoms with van der Waals surface area (Å²) in [6, 6.07) is 22.4. The van der Waals surface area contributed by atoms with E-state index in [0.717, 1.165) is 28.2 Å². The summed E-state index contributed by atoms with van der Waals surface area (Å²) in [4.78, 5) is 28.3. The normalized spacial score (nSPS) is 10.4. The van der Waals surface area contributed by atoms with E-state index in [9.17, 15) is 9.59 Å². The van der Waals surface area contributed by atoms with Crippen LogP contribution in [0.15, 0.2) is 77.2 Å². The minimum atomic E-state index is -0.162. The molecule has 1 aromatic heterocycles. The highest BCUT2D eigenvalue weighted by atomic mass is 16.5. The SMILES string of the molecule is CC(=O)c1nc(-c2ccccc2)oc1-c1ccc(NC(=O)CC(C)C)cc1.COc1ccc(OC)c(C)c1. The van der Waals surface area contributed by atoms with Gasteiger partial charge in [-0.15, -0.1) is 0 Å². The molecule has 0 bridgehead atoms. The smallest absolute Gasteiger partial charge is 0.227 e. The van der Waals surface area contributed by atoms with Gasteiger partial charge in [0.2, 0.25) is 11.8 Å². The van der Waals surface area contributed by atoms with Crippen LogP contribution in [0.25, 0.3) is 22.8 Å². The van der Waals surface area contributed by atoms with Crippen molar-refractivity contribution in [1.29, 1.82) is 0 Å². The van der Waals surface area contributed by atoms with Crippen LogP contribution in [-0.2, 0) is 4.79 Å². The predicted octanol–water partition coefficient (Wildman–Crippen LogP) is 7.21. The van der Waals surface area contributed by atoms with Gasteiger partial charge in [-0.05, 0) is 73.0 Å². The van der Waals surface area contributed by atoms with Gasteiger partial charge in [-0.2, -0.15) is 0 Å². The number of aryl methyl sites for hydroxylation is 1. The third-order valence-corrected chi connectivity index (χ3v) is 5.61. The Balaban J connectivity index is 0.000000304. The lowest BCUT2D eigenvalue weighted by Crippen LogP contribution is -2.13. The number of Topliss-reactive ketones (excluding diaryl/α,β-unsaturated/α-hetero) is 1. The van der Waals surface area contributed by atoms with Gasteiger partial charge in [0.05, 0.1) is 14.2 Å². The van der Waals surface area contributed by atoms with Crippen LogP contribution in [0.5, 0.6) is 11.5 Å². The molecule has 7 nitrogen and oxygen atoms in total. The molecule has 0 aliphatic carbocycles. The van der Waals surface area contributed by atoms with Crippen LogP contribution in [0, 0.1) is 12.8 Å². The van der Waals surface area contributed by atoms with Crippen molar-refractivity contribution in [3.05, 3.63) is 84.1 Å². The number of ketones is 1. The standard InChI is InChI=1S/C22H22N2O3.C9H12O2/c1-14(2)13-19(26)23-18-11-9-16(10-12-18)21-20(15(3)25)24-22(27-21)17-7-5-4-6-8-17;1-7-6-8(10-2)4-5-9(7)11-3/h4-12,14H,13H2,1-3H3,(H,23,26);4-6H,1-3H3. The molecule has 0 fully saturated rings. The predicted molar refractivity (Wildman–Crippen MR) is 150 cm³/mol. The van der Waals surface area contributed by atoms with E-state index >= 15 is 0 Å². The number of aromatic nitrogens is 1. The summed E-state index contributed by atoms with van der Waals surface area (Å²) in [5.41, 5.74) is 3.63. The summed E-state index contributed by atoms with van der Waals surface area (Å²) < 4.78 is 16.0. The molecule has 4 rings (SSSR count). The van der Waals surface area contributed by atoms with Gasteiger partial charge in [0.15, 0.2) is 17.2 Å². The molecule has 1 heterocycles. The van der Waals surface area contributed by atoms with Crippen molar-refractivity contribution in [3.63, 3.8) is 0 Å². The third kappa shape index (κ3) is 7.56. The lowest BCUT2D eigenvalue weighted by atomic mass is 10.1. The first-order valence-electron chi connectivity index (χ1n) is 12.4. The van der Waals surface area contributed by atoms with Crippen LogP contribution in [0.4, 0.5) is 5.69 Å². The van der Waals surface area contributed by atoms with E-state index in [-0.39, 0.29) is 11.7 Å². The van der Waals surface area contributed by atoms with Crippen molar-refractivity contribution in [1.82, 2.24) is 4.98 Å². The number of rotatable bonds is 8. The average molecular weight is 515 g/mol. The van der Waals surface area contributed by atoms with Crippen LogP contribution >= 0.6 is 0 Å². The highest BCUT2D eigenvalue weighted by Gasteiger charge is 2.19. The van der Waals surface area contributed by atoms with Gasteiger partial charge < -0.3 is 19.2 Å². The Kier molecular flexibility index (Phi) is 9.82. The van der Waals surface area contributed by atoms with E-state index in [4.69, 9.17) is 13.9 Å². The van der Waals surface area contributed by atoms with Gasteiger partial charge in [-0.3, -0.25) is 9.59 Å². The summed E-state index contributed by atoms with van der Waals surface area (Å²) in [7, 11) is 3.32. The van der Waals surface area contributed by atoms with Crippen LogP contribution in [0.1, 0.15) is 43.2 Å². The van der Waals surface area contributed by atoms with Gasteiger partial charge in [-0.25, -0.2) is 4.98 Å². The van der Waals surface area contributed by atoms with Crippen LogP contribution in [0.3, 0.4) is 0 Å². The second-order valence-corrected chi connectivity index (χ2v) is 9.18. The molecule has 0 spiro atoms. The van der Waals surface area contributed by atoms with Gasteiger partial charge in [0, 0.05) is 30.2 Å². The summed E-state index contributed by atoms with van der Waals surface area (Å²) in [5.74, 6) is 2.71. The molecular formula is C31H34N2O5. The zero-order chi connectivity index (χ0) is 27.7. The number of carbonyl (C=O) groups is 2. The van der Waals surface area contributed by atoms with Crippen molar-refractivity contribution >= 4 is 17.4 Å². The van der Waals surface area contributed by atoms with Gasteiger partial charge in [0.1, 0.15) is 11.5 Å². The number of amides is 1.